The van der Waals surface area contributed by atoms with Crippen LogP contribution in [0.3, 0.4) is 0 Å². The number of carbonyl (C=O) groups excluding carboxylic acids is 4. The Morgan fingerprint density at radius 3 is 2.08 bits per heavy atom. The van der Waals surface area contributed by atoms with Crippen molar-refractivity contribution in [3.05, 3.63) is 0 Å². The van der Waals surface area contributed by atoms with Crippen molar-refractivity contribution in [2.24, 2.45) is 44.8 Å². The molecule has 0 aromatic carbocycles. The van der Waals surface area contributed by atoms with Gasteiger partial charge < -0.3 is 14.2 Å². The van der Waals surface area contributed by atoms with E-state index in [1.807, 2.05) is 0 Å². The van der Waals surface area contributed by atoms with E-state index in [2.05, 4.69) is 34.6 Å². The van der Waals surface area contributed by atoms with Gasteiger partial charge in [-0.15, -0.1) is 0 Å². The minimum atomic E-state index is -1.42. The molecule has 4 fully saturated rings. The van der Waals surface area contributed by atoms with Gasteiger partial charge in [-0.3, -0.25) is 19.2 Å². The molecule has 0 saturated heterocycles. The molecule has 4 aliphatic rings. The van der Waals surface area contributed by atoms with Gasteiger partial charge in [-0.05, 0) is 79.4 Å². The van der Waals surface area contributed by atoms with Gasteiger partial charge >= 0.3 is 17.9 Å². The number of hydrogen-bond acceptors (Lipinski definition) is 7. The average molecular weight is 519 g/mol. The zero-order valence-corrected chi connectivity index (χ0v) is 24.0. The summed E-state index contributed by atoms with van der Waals surface area (Å²) < 4.78 is 16.2. The van der Waals surface area contributed by atoms with Gasteiger partial charge in [0.2, 0.25) is 0 Å². The maximum absolute atomic E-state index is 14.2. The van der Waals surface area contributed by atoms with E-state index in [9.17, 15) is 19.2 Å². The van der Waals surface area contributed by atoms with Crippen LogP contribution in [0.25, 0.3) is 0 Å². The number of methoxy groups -OCH3 is 1. The number of ether oxygens (including phenoxy) is 3. The van der Waals surface area contributed by atoms with Crippen LogP contribution >= 0.6 is 0 Å². The molecule has 0 radical (unpaired) electrons. The van der Waals surface area contributed by atoms with Crippen molar-refractivity contribution in [1.29, 1.82) is 0 Å². The first kappa shape index (κ1) is 28.1. The lowest BCUT2D eigenvalue weighted by Gasteiger charge is -2.71. The largest absolute Gasteiger partial charge is 0.468 e. The van der Waals surface area contributed by atoms with Crippen LogP contribution in [-0.2, 0) is 33.4 Å². The van der Waals surface area contributed by atoms with Gasteiger partial charge in [0.25, 0.3) is 0 Å². The van der Waals surface area contributed by atoms with Crippen LogP contribution in [0.15, 0.2) is 0 Å². The average Bonchev–Trinajstić information content (AvgIpc) is 2.81. The van der Waals surface area contributed by atoms with Crippen molar-refractivity contribution in [2.75, 3.05) is 13.7 Å². The lowest BCUT2D eigenvalue weighted by Crippen LogP contribution is -2.68. The van der Waals surface area contributed by atoms with E-state index in [-0.39, 0.29) is 52.0 Å². The zero-order chi connectivity index (χ0) is 27.6. The van der Waals surface area contributed by atoms with E-state index in [1.165, 1.54) is 21.0 Å². The maximum atomic E-state index is 14.2. The summed E-state index contributed by atoms with van der Waals surface area (Å²) >= 11 is 0. The summed E-state index contributed by atoms with van der Waals surface area (Å²) in [7, 11) is 1.30. The summed E-state index contributed by atoms with van der Waals surface area (Å²) in [5, 5.41) is 0. The molecular weight excluding hydrogens is 472 g/mol. The van der Waals surface area contributed by atoms with E-state index in [4.69, 9.17) is 14.2 Å². The molecule has 4 rings (SSSR count). The van der Waals surface area contributed by atoms with Crippen molar-refractivity contribution in [1.82, 2.24) is 0 Å². The van der Waals surface area contributed by atoms with Crippen LogP contribution in [-0.4, -0.2) is 43.5 Å². The molecule has 208 valence electrons. The number of hydrogen-bond donors (Lipinski definition) is 0. The summed E-state index contributed by atoms with van der Waals surface area (Å²) in [6.45, 7) is 14.2. The molecule has 37 heavy (non-hydrogen) atoms. The highest BCUT2D eigenvalue weighted by Crippen LogP contribution is 2.74. The number of esters is 3. The molecule has 8 atom stereocenters. The molecule has 0 spiro atoms. The SMILES string of the molecule is COC(=O)[C@]1(COC(C)=O)CC[C@]2(C)C(CCC3[C@@]4(C)CCC(OC(C)=O)C(C)(C)C4CC[C@]32C)C1=O. The van der Waals surface area contributed by atoms with E-state index < -0.39 is 17.4 Å². The normalized spacial score (nSPS) is 44.5. The van der Waals surface area contributed by atoms with Gasteiger partial charge in [-0.1, -0.05) is 34.6 Å². The summed E-state index contributed by atoms with van der Waals surface area (Å²) in [6, 6.07) is 0. The zero-order valence-electron chi connectivity index (χ0n) is 24.0. The van der Waals surface area contributed by atoms with Crippen LogP contribution in [0, 0.1) is 44.8 Å². The first-order valence-electron chi connectivity index (χ1n) is 14.0. The molecule has 4 saturated carbocycles. The predicted octanol–water partition coefficient (Wildman–Crippen LogP) is 5.28. The van der Waals surface area contributed by atoms with Crippen molar-refractivity contribution in [3.63, 3.8) is 0 Å². The number of ketones is 1. The Bertz CT molecular complexity index is 986. The molecule has 4 aliphatic carbocycles. The first-order valence-corrected chi connectivity index (χ1v) is 14.0. The lowest BCUT2D eigenvalue weighted by atomic mass is 9.33. The standard InChI is InChI=1S/C30H46O7/c1-18(31)36-17-30(25(34)35-8)16-15-28(6)20(24(30)33)9-10-22-27(5)13-12-23(37-19(2)32)26(3,4)21(27)11-14-29(22,28)7/h20-23H,9-17H2,1-8H3/t20?,21?,22?,23?,27-,28+,29+,30-/m0/s1. The molecule has 0 heterocycles. The van der Waals surface area contributed by atoms with E-state index in [1.54, 1.807) is 0 Å². The number of rotatable bonds is 4. The van der Waals surface area contributed by atoms with Crippen LogP contribution in [0.2, 0.25) is 0 Å². The Labute approximate surface area is 221 Å². The fraction of sp³-hybridized carbons (Fsp3) is 0.867. The van der Waals surface area contributed by atoms with E-state index >= 15 is 0 Å². The Kier molecular flexibility index (Phi) is 6.90. The minimum Gasteiger partial charge on any atom is -0.468 e. The number of fused-ring (bicyclic) bond motifs is 5. The highest BCUT2D eigenvalue weighted by atomic mass is 16.6. The van der Waals surface area contributed by atoms with Crippen LogP contribution < -0.4 is 0 Å². The highest BCUT2D eigenvalue weighted by molar-refractivity contribution is 6.06. The van der Waals surface area contributed by atoms with Crippen molar-refractivity contribution < 1.29 is 33.4 Å². The Morgan fingerprint density at radius 2 is 1.49 bits per heavy atom. The fourth-order valence-electron chi connectivity index (χ4n) is 9.96. The summed E-state index contributed by atoms with van der Waals surface area (Å²) in [4.78, 5) is 50.6. The summed E-state index contributed by atoms with van der Waals surface area (Å²) in [6.07, 6.45) is 6.53. The van der Waals surface area contributed by atoms with Gasteiger partial charge in [-0.2, -0.15) is 0 Å². The highest BCUT2D eigenvalue weighted by Gasteiger charge is 2.71. The number of carbonyl (C=O) groups is 4. The van der Waals surface area contributed by atoms with Gasteiger partial charge in [0.1, 0.15) is 12.7 Å². The molecule has 4 unspecified atom stereocenters. The van der Waals surface area contributed by atoms with Crippen LogP contribution in [0.1, 0.15) is 99.8 Å². The molecule has 0 N–H and O–H groups in total. The molecule has 0 aromatic rings. The van der Waals surface area contributed by atoms with Crippen molar-refractivity contribution in [3.8, 4) is 0 Å². The van der Waals surface area contributed by atoms with Gasteiger partial charge in [0, 0.05) is 25.2 Å². The summed E-state index contributed by atoms with van der Waals surface area (Å²) in [5.41, 5.74) is -1.78. The van der Waals surface area contributed by atoms with E-state index in [0.29, 0.717) is 24.7 Å². The second-order valence-corrected chi connectivity index (χ2v) is 13.8. The maximum Gasteiger partial charge on any atom is 0.322 e. The second-order valence-electron chi connectivity index (χ2n) is 13.8. The van der Waals surface area contributed by atoms with Gasteiger partial charge in [-0.25, -0.2) is 0 Å². The Hall–Kier alpha value is -1.92. The third-order valence-corrected chi connectivity index (χ3v) is 12.1. The Balaban J connectivity index is 1.68. The molecular formula is C30H46O7. The first-order chi connectivity index (χ1) is 17.1. The molecule has 7 heteroatoms. The molecule has 0 aliphatic heterocycles. The van der Waals surface area contributed by atoms with E-state index in [0.717, 1.165) is 38.5 Å². The Morgan fingerprint density at radius 1 is 0.811 bits per heavy atom. The topological polar surface area (TPSA) is 96.0 Å². The quantitative estimate of drug-likeness (QED) is 0.284. The second kappa shape index (κ2) is 9.08. The molecule has 0 amide bonds. The fourth-order valence-corrected chi connectivity index (χ4v) is 9.96. The molecule has 0 aromatic heterocycles. The van der Waals surface area contributed by atoms with Gasteiger partial charge in [0.05, 0.1) is 7.11 Å². The number of Topliss-reactive ketones (excluding diaryl/α,β-unsaturated/α-hetero) is 1. The smallest absolute Gasteiger partial charge is 0.322 e. The van der Waals surface area contributed by atoms with Gasteiger partial charge in [0.15, 0.2) is 11.2 Å². The van der Waals surface area contributed by atoms with Crippen molar-refractivity contribution >= 4 is 23.7 Å². The van der Waals surface area contributed by atoms with Crippen molar-refractivity contribution in [2.45, 2.75) is 106 Å². The van der Waals surface area contributed by atoms with Crippen LogP contribution in [0.4, 0.5) is 0 Å². The lowest BCUT2D eigenvalue weighted by molar-refractivity contribution is -0.237. The summed E-state index contributed by atoms with van der Waals surface area (Å²) in [5.74, 6) is -0.826. The predicted molar refractivity (Wildman–Crippen MR) is 137 cm³/mol. The van der Waals surface area contributed by atoms with Crippen LogP contribution in [0.5, 0.6) is 0 Å². The minimum absolute atomic E-state index is 0.0646. The molecule has 0 bridgehead atoms. The molecule has 7 nitrogen and oxygen atoms in total. The monoisotopic (exact) mass is 518 g/mol. The third-order valence-electron chi connectivity index (χ3n) is 12.1. The third kappa shape index (κ3) is 3.88.